The summed E-state index contributed by atoms with van der Waals surface area (Å²) in [6.07, 6.45) is 2.50. The van der Waals surface area contributed by atoms with E-state index in [0.717, 1.165) is 12.1 Å². The number of fused-ring (bicyclic) bond motifs is 1. The second kappa shape index (κ2) is 7.42. The SMILES string of the molecule is C[C@H]1Cc2ccccc2N1CC(=O)N(C)CC(=O)NCc1ccco1. The average molecular weight is 341 g/mol. The molecule has 1 aliphatic heterocycles. The van der Waals surface area contributed by atoms with Crippen LogP contribution in [-0.4, -0.2) is 42.9 Å². The van der Waals surface area contributed by atoms with Gasteiger partial charge in [-0.1, -0.05) is 18.2 Å². The van der Waals surface area contributed by atoms with Crippen LogP contribution in [0.1, 0.15) is 18.2 Å². The number of benzene rings is 1. The third-order valence-corrected chi connectivity index (χ3v) is 4.50. The molecule has 0 fully saturated rings. The van der Waals surface area contributed by atoms with E-state index in [4.69, 9.17) is 4.42 Å². The maximum absolute atomic E-state index is 12.5. The predicted molar refractivity (Wildman–Crippen MR) is 95.1 cm³/mol. The van der Waals surface area contributed by atoms with E-state index in [9.17, 15) is 9.59 Å². The highest BCUT2D eigenvalue weighted by Crippen LogP contribution is 2.31. The van der Waals surface area contributed by atoms with Gasteiger partial charge in [-0.25, -0.2) is 0 Å². The summed E-state index contributed by atoms with van der Waals surface area (Å²) in [5.41, 5.74) is 2.38. The lowest BCUT2D eigenvalue weighted by Crippen LogP contribution is -2.44. The molecule has 0 radical (unpaired) electrons. The minimum Gasteiger partial charge on any atom is -0.467 e. The number of rotatable bonds is 6. The van der Waals surface area contributed by atoms with Gasteiger partial charge in [0.2, 0.25) is 11.8 Å². The molecule has 0 saturated heterocycles. The van der Waals surface area contributed by atoms with Crippen molar-refractivity contribution in [2.45, 2.75) is 25.9 Å². The maximum Gasteiger partial charge on any atom is 0.242 e. The number of anilines is 1. The molecule has 0 aliphatic carbocycles. The summed E-state index contributed by atoms with van der Waals surface area (Å²) in [4.78, 5) is 28.1. The number of para-hydroxylation sites is 1. The number of nitrogens with one attached hydrogen (secondary N) is 1. The highest BCUT2D eigenvalue weighted by molar-refractivity contribution is 5.87. The molecule has 2 heterocycles. The Bertz CT molecular complexity index is 742. The number of amides is 2. The van der Waals surface area contributed by atoms with Gasteiger partial charge in [-0.3, -0.25) is 9.59 Å². The van der Waals surface area contributed by atoms with E-state index in [-0.39, 0.29) is 30.9 Å². The first-order valence-corrected chi connectivity index (χ1v) is 8.42. The largest absolute Gasteiger partial charge is 0.467 e. The zero-order valence-electron chi connectivity index (χ0n) is 14.6. The van der Waals surface area contributed by atoms with Gasteiger partial charge < -0.3 is 19.5 Å². The fourth-order valence-corrected chi connectivity index (χ4v) is 3.10. The number of furan rings is 1. The van der Waals surface area contributed by atoms with Crippen molar-refractivity contribution in [2.75, 3.05) is 25.0 Å². The van der Waals surface area contributed by atoms with E-state index in [0.29, 0.717) is 12.3 Å². The topological polar surface area (TPSA) is 65.8 Å². The van der Waals surface area contributed by atoms with Crippen molar-refractivity contribution >= 4 is 17.5 Å². The van der Waals surface area contributed by atoms with Gasteiger partial charge in [-0.2, -0.15) is 0 Å². The minimum absolute atomic E-state index is 0.0312. The van der Waals surface area contributed by atoms with E-state index in [2.05, 4.69) is 23.2 Å². The Morgan fingerprint density at radius 3 is 2.84 bits per heavy atom. The predicted octanol–water partition coefficient (Wildman–Crippen LogP) is 1.81. The van der Waals surface area contributed by atoms with Crippen LogP contribution in [-0.2, 0) is 22.6 Å². The van der Waals surface area contributed by atoms with Crippen molar-refractivity contribution in [1.29, 1.82) is 0 Å². The van der Waals surface area contributed by atoms with Crippen molar-refractivity contribution < 1.29 is 14.0 Å². The lowest BCUT2D eigenvalue weighted by atomic mass is 10.1. The summed E-state index contributed by atoms with van der Waals surface area (Å²) >= 11 is 0. The molecule has 25 heavy (non-hydrogen) atoms. The molecule has 1 aliphatic rings. The lowest BCUT2D eigenvalue weighted by Gasteiger charge is -2.27. The molecule has 1 aromatic carbocycles. The highest BCUT2D eigenvalue weighted by Gasteiger charge is 2.28. The highest BCUT2D eigenvalue weighted by atomic mass is 16.3. The van der Waals surface area contributed by atoms with Crippen LogP contribution < -0.4 is 10.2 Å². The monoisotopic (exact) mass is 341 g/mol. The number of hydrogen-bond acceptors (Lipinski definition) is 4. The maximum atomic E-state index is 12.5. The molecule has 0 unspecified atom stereocenters. The fraction of sp³-hybridized carbons (Fsp3) is 0.368. The Morgan fingerprint density at radius 2 is 2.08 bits per heavy atom. The molecular formula is C19H23N3O3. The Morgan fingerprint density at radius 1 is 1.28 bits per heavy atom. The van der Waals surface area contributed by atoms with Crippen LogP contribution in [0.15, 0.2) is 47.1 Å². The van der Waals surface area contributed by atoms with Crippen molar-refractivity contribution in [3.63, 3.8) is 0 Å². The molecule has 6 heteroatoms. The quantitative estimate of drug-likeness (QED) is 0.870. The lowest BCUT2D eigenvalue weighted by molar-refractivity contribution is -0.133. The van der Waals surface area contributed by atoms with Gasteiger partial charge >= 0.3 is 0 Å². The molecule has 1 aromatic heterocycles. The van der Waals surface area contributed by atoms with Crippen molar-refractivity contribution in [2.24, 2.45) is 0 Å². The second-order valence-electron chi connectivity index (χ2n) is 6.42. The van der Waals surface area contributed by atoms with Crippen LogP contribution in [0, 0.1) is 0 Å². The normalized spacial score (nSPS) is 15.8. The Labute approximate surface area is 147 Å². The molecule has 1 atom stereocenters. The average Bonchev–Trinajstić information content (AvgIpc) is 3.21. The van der Waals surface area contributed by atoms with Crippen LogP contribution >= 0.6 is 0 Å². The summed E-state index contributed by atoms with van der Waals surface area (Å²) in [6, 6.07) is 12.0. The first-order valence-electron chi connectivity index (χ1n) is 8.42. The van der Waals surface area contributed by atoms with Crippen molar-refractivity contribution in [3.8, 4) is 0 Å². The third kappa shape index (κ3) is 4.02. The van der Waals surface area contributed by atoms with Crippen molar-refractivity contribution in [1.82, 2.24) is 10.2 Å². The van der Waals surface area contributed by atoms with Crippen LogP contribution in [0.5, 0.6) is 0 Å². The Kier molecular flexibility index (Phi) is 5.07. The van der Waals surface area contributed by atoms with Crippen LogP contribution in [0.2, 0.25) is 0 Å². The Hall–Kier alpha value is -2.76. The van der Waals surface area contributed by atoms with Gasteiger partial charge in [0.1, 0.15) is 5.76 Å². The number of hydrogen-bond donors (Lipinski definition) is 1. The molecule has 1 N–H and O–H groups in total. The summed E-state index contributed by atoms with van der Waals surface area (Å²) in [7, 11) is 1.65. The molecule has 0 bridgehead atoms. The summed E-state index contributed by atoms with van der Waals surface area (Å²) in [6.45, 7) is 2.75. The van der Waals surface area contributed by atoms with Crippen molar-refractivity contribution in [3.05, 3.63) is 54.0 Å². The number of carbonyl (C=O) groups is 2. The molecule has 0 saturated carbocycles. The van der Waals surface area contributed by atoms with Gasteiger partial charge in [-0.15, -0.1) is 0 Å². The van der Waals surface area contributed by atoms with Gasteiger partial charge in [0.05, 0.1) is 25.9 Å². The summed E-state index contributed by atoms with van der Waals surface area (Å²) < 4.78 is 5.17. The van der Waals surface area contributed by atoms with E-state index in [1.54, 1.807) is 25.4 Å². The molecule has 2 aromatic rings. The molecule has 2 amide bonds. The van der Waals surface area contributed by atoms with Crippen LogP contribution in [0.25, 0.3) is 0 Å². The summed E-state index contributed by atoms with van der Waals surface area (Å²) in [5.74, 6) is 0.406. The Balaban J connectivity index is 1.51. The zero-order valence-corrected chi connectivity index (χ0v) is 14.6. The number of carbonyl (C=O) groups excluding carboxylic acids is 2. The second-order valence-corrected chi connectivity index (χ2v) is 6.42. The molecular weight excluding hydrogens is 318 g/mol. The third-order valence-electron chi connectivity index (χ3n) is 4.50. The standard InChI is InChI=1S/C19H23N3O3/c1-14-10-15-6-3-4-8-17(15)22(14)13-19(24)21(2)12-18(23)20-11-16-7-5-9-25-16/h3-9,14H,10-13H2,1-2H3,(H,20,23)/t14-/m0/s1. The van der Waals surface area contributed by atoms with Gasteiger partial charge in [-0.05, 0) is 37.1 Å². The minimum atomic E-state index is -0.206. The molecule has 132 valence electrons. The van der Waals surface area contributed by atoms with Crippen LogP contribution in [0.4, 0.5) is 5.69 Å². The fourth-order valence-electron chi connectivity index (χ4n) is 3.10. The molecule has 6 nitrogen and oxygen atoms in total. The van der Waals surface area contributed by atoms with E-state index in [1.165, 1.54) is 10.5 Å². The molecule has 0 spiro atoms. The van der Waals surface area contributed by atoms with E-state index >= 15 is 0 Å². The first kappa shape index (κ1) is 17.1. The van der Waals surface area contributed by atoms with Gasteiger partial charge in [0, 0.05) is 18.8 Å². The van der Waals surface area contributed by atoms with Gasteiger partial charge in [0.15, 0.2) is 0 Å². The number of nitrogens with zero attached hydrogens (tertiary/aromatic N) is 2. The van der Waals surface area contributed by atoms with Gasteiger partial charge in [0.25, 0.3) is 0 Å². The summed E-state index contributed by atoms with van der Waals surface area (Å²) in [5, 5.41) is 2.75. The molecule has 3 rings (SSSR count). The number of likely N-dealkylation sites (N-methyl/N-ethyl adjacent to an activating group) is 1. The first-order chi connectivity index (χ1) is 12.0. The van der Waals surface area contributed by atoms with E-state index < -0.39 is 0 Å². The zero-order chi connectivity index (χ0) is 17.8. The van der Waals surface area contributed by atoms with E-state index in [1.807, 2.05) is 18.2 Å². The smallest absolute Gasteiger partial charge is 0.242 e. The van der Waals surface area contributed by atoms with Crippen LogP contribution in [0.3, 0.4) is 0 Å².